The fourth-order valence-corrected chi connectivity index (χ4v) is 5.73. The van der Waals surface area contributed by atoms with Crippen molar-refractivity contribution in [2.45, 2.75) is 63.6 Å². The number of carboxylic acids is 1. The van der Waals surface area contributed by atoms with Gasteiger partial charge in [-0.3, -0.25) is 0 Å². The maximum atomic E-state index is 11.4. The number of aromatic carboxylic acids is 1. The van der Waals surface area contributed by atoms with Gasteiger partial charge in [0.05, 0.1) is 17.8 Å². The summed E-state index contributed by atoms with van der Waals surface area (Å²) in [5, 5.41) is 30.3. The zero-order chi connectivity index (χ0) is 20.4. The molecule has 0 amide bonds. The van der Waals surface area contributed by atoms with Gasteiger partial charge in [-0.1, -0.05) is 54.8 Å². The van der Waals surface area contributed by atoms with Crippen LogP contribution in [0.25, 0.3) is 0 Å². The van der Waals surface area contributed by atoms with Gasteiger partial charge in [0, 0.05) is 5.92 Å². The van der Waals surface area contributed by atoms with Gasteiger partial charge in [-0.05, 0) is 67.9 Å². The number of aliphatic hydroxyl groups is 2. The minimum atomic E-state index is -0.869. The van der Waals surface area contributed by atoms with Crippen molar-refractivity contribution in [2.75, 3.05) is 0 Å². The van der Waals surface area contributed by atoms with Crippen LogP contribution in [0.1, 0.15) is 60.9 Å². The van der Waals surface area contributed by atoms with E-state index < -0.39 is 5.97 Å². The minimum absolute atomic E-state index is 0.108. The van der Waals surface area contributed by atoms with Crippen LogP contribution in [-0.4, -0.2) is 33.5 Å². The topological polar surface area (TPSA) is 77.8 Å². The lowest BCUT2D eigenvalue weighted by Crippen LogP contribution is -2.20. The van der Waals surface area contributed by atoms with Gasteiger partial charge in [-0.15, -0.1) is 0 Å². The maximum absolute atomic E-state index is 11.4. The molecule has 0 aromatic heterocycles. The van der Waals surface area contributed by atoms with Crippen LogP contribution in [0.3, 0.4) is 0 Å². The first-order valence-electron chi connectivity index (χ1n) is 11.1. The molecule has 5 atom stereocenters. The summed E-state index contributed by atoms with van der Waals surface area (Å²) in [5.41, 5.74) is 2.65. The average molecular weight is 397 g/mol. The molecule has 0 unspecified atom stereocenters. The highest BCUT2D eigenvalue weighted by molar-refractivity contribution is 5.89. The van der Waals surface area contributed by atoms with Gasteiger partial charge in [-0.25, -0.2) is 4.79 Å². The molecule has 0 radical (unpaired) electrons. The molecule has 3 N–H and O–H groups in total. The van der Waals surface area contributed by atoms with Crippen LogP contribution < -0.4 is 0 Å². The van der Waals surface area contributed by atoms with Crippen LogP contribution in [0.5, 0.6) is 0 Å². The van der Waals surface area contributed by atoms with Crippen molar-refractivity contribution in [3.8, 4) is 0 Å². The van der Waals surface area contributed by atoms with E-state index >= 15 is 0 Å². The summed E-state index contributed by atoms with van der Waals surface area (Å²) in [7, 11) is 0. The summed E-state index contributed by atoms with van der Waals surface area (Å²) >= 11 is 0. The van der Waals surface area contributed by atoms with Gasteiger partial charge in [0.15, 0.2) is 0 Å². The third-order valence-corrected chi connectivity index (χ3v) is 7.33. The van der Waals surface area contributed by atoms with Crippen molar-refractivity contribution in [1.29, 1.82) is 0 Å². The van der Waals surface area contributed by atoms with Crippen molar-refractivity contribution in [3.05, 3.63) is 59.2 Å². The van der Waals surface area contributed by atoms with E-state index in [2.05, 4.69) is 12.2 Å². The van der Waals surface area contributed by atoms with Gasteiger partial charge in [-0.2, -0.15) is 0 Å². The van der Waals surface area contributed by atoms with Gasteiger partial charge >= 0.3 is 5.97 Å². The molecule has 4 heteroatoms. The molecular formula is C25H32O4. The largest absolute Gasteiger partial charge is 0.478 e. The first-order valence-corrected chi connectivity index (χ1v) is 11.1. The van der Waals surface area contributed by atoms with E-state index in [0.717, 1.165) is 44.1 Å². The SMILES string of the molecule is O=C(O)c1ccccc1CCC1=C[C@H]2C[C@@H](O)[C@@H](C=C[C@@H](O)C3CCCC3)[C@H]2C1. The smallest absolute Gasteiger partial charge is 0.335 e. The number of hydrogen-bond donors (Lipinski definition) is 3. The number of aliphatic hydroxyl groups excluding tert-OH is 2. The molecule has 0 saturated heterocycles. The lowest BCUT2D eigenvalue weighted by Gasteiger charge is -2.20. The van der Waals surface area contributed by atoms with Crippen LogP contribution in [-0.2, 0) is 6.42 Å². The zero-order valence-electron chi connectivity index (χ0n) is 16.9. The number of hydrogen-bond acceptors (Lipinski definition) is 3. The Labute approximate surface area is 173 Å². The van der Waals surface area contributed by atoms with Crippen LogP contribution in [0.2, 0.25) is 0 Å². The summed E-state index contributed by atoms with van der Waals surface area (Å²) in [6, 6.07) is 7.23. The second-order valence-electron chi connectivity index (χ2n) is 9.12. The highest BCUT2D eigenvalue weighted by Gasteiger charge is 2.43. The summed E-state index contributed by atoms with van der Waals surface area (Å²) < 4.78 is 0. The molecule has 4 nitrogen and oxygen atoms in total. The molecule has 0 spiro atoms. The minimum Gasteiger partial charge on any atom is -0.478 e. The van der Waals surface area contributed by atoms with Crippen LogP contribution >= 0.6 is 0 Å². The fraction of sp³-hybridized carbons (Fsp3) is 0.560. The van der Waals surface area contributed by atoms with E-state index in [4.69, 9.17) is 0 Å². The Morgan fingerprint density at radius 1 is 1.17 bits per heavy atom. The van der Waals surface area contributed by atoms with Crippen LogP contribution in [0, 0.1) is 23.7 Å². The monoisotopic (exact) mass is 396 g/mol. The zero-order valence-corrected chi connectivity index (χ0v) is 16.9. The van der Waals surface area contributed by atoms with E-state index in [9.17, 15) is 20.1 Å². The molecule has 2 saturated carbocycles. The van der Waals surface area contributed by atoms with Crippen LogP contribution in [0.15, 0.2) is 48.1 Å². The Kier molecular flexibility index (Phi) is 6.21. The van der Waals surface area contributed by atoms with Crippen molar-refractivity contribution in [2.24, 2.45) is 23.7 Å². The summed E-state index contributed by atoms with van der Waals surface area (Å²) in [6.07, 6.45) is 13.6. The van der Waals surface area contributed by atoms with Crippen molar-refractivity contribution in [3.63, 3.8) is 0 Å². The molecule has 0 heterocycles. The van der Waals surface area contributed by atoms with Gasteiger partial charge < -0.3 is 15.3 Å². The molecular weight excluding hydrogens is 364 g/mol. The highest BCUT2D eigenvalue weighted by Crippen LogP contribution is 2.48. The van der Waals surface area contributed by atoms with Crippen LogP contribution in [0.4, 0.5) is 0 Å². The Morgan fingerprint density at radius 3 is 2.69 bits per heavy atom. The molecule has 3 aliphatic rings. The number of rotatable bonds is 7. The molecule has 2 fully saturated rings. The molecule has 1 aromatic rings. The van der Waals surface area contributed by atoms with Crippen molar-refractivity contribution < 1.29 is 20.1 Å². The summed E-state index contributed by atoms with van der Waals surface area (Å²) in [5.74, 6) is 0.421. The molecule has 1 aromatic carbocycles. The molecule has 29 heavy (non-hydrogen) atoms. The molecule has 156 valence electrons. The lowest BCUT2D eigenvalue weighted by molar-refractivity contribution is 0.0695. The molecule has 0 aliphatic heterocycles. The molecule has 3 aliphatic carbocycles. The van der Waals surface area contributed by atoms with Gasteiger partial charge in [0.2, 0.25) is 0 Å². The van der Waals surface area contributed by atoms with E-state index in [1.807, 2.05) is 18.2 Å². The summed E-state index contributed by atoms with van der Waals surface area (Å²) in [4.78, 5) is 11.4. The lowest BCUT2D eigenvalue weighted by atomic mass is 9.87. The second-order valence-corrected chi connectivity index (χ2v) is 9.12. The Bertz CT molecular complexity index is 790. The third kappa shape index (κ3) is 4.49. The maximum Gasteiger partial charge on any atom is 0.335 e. The van der Waals surface area contributed by atoms with Gasteiger partial charge in [0.1, 0.15) is 0 Å². The third-order valence-electron chi connectivity index (χ3n) is 7.33. The quantitative estimate of drug-likeness (QED) is 0.598. The highest BCUT2D eigenvalue weighted by atomic mass is 16.4. The number of fused-ring (bicyclic) bond motifs is 1. The second kappa shape index (κ2) is 8.85. The summed E-state index contributed by atoms with van der Waals surface area (Å²) in [6.45, 7) is 0. The van der Waals surface area contributed by atoms with Gasteiger partial charge in [0.25, 0.3) is 0 Å². The Morgan fingerprint density at radius 2 is 1.93 bits per heavy atom. The Balaban J connectivity index is 1.36. The molecule has 0 bridgehead atoms. The first-order chi connectivity index (χ1) is 14.0. The van der Waals surface area contributed by atoms with E-state index in [1.54, 1.807) is 12.1 Å². The normalized spacial score (nSPS) is 30.6. The number of aryl methyl sites for hydroxylation is 1. The number of carbonyl (C=O) groups is 1. The number of allylic oxidation sites excluding steroid dienone is 2. The van der Waals surface area contributed by atoms with E-state index in [0.29, 0.717) is 23.3 Å². The van der Waals surface area contributed by atoms with Crippen molar-refractivity contribution in [1.82, 2.24) is 0 Å². The molecule has 4 rings (SSSR count). The predicted molar refractivity (Wildman–Crippen MR) is 113 cm³/mol. The Hall–Kier alpha value is -1.91. The first kappa shape index (κ1) is 20.4. The van der Waals surface area contributed by atoms with Crippen molar-refractivity contribution >= 4 is 5.97 Å². The predicted octanol–water partition coefficient (Wildman–Crippen LogP) is 4.37. The number of benzene rings is 1. The number of carboxylic acid groups (broad SMARTS) is 1. The average Bonchev–Trinajstić information content (AvgIpc) is 3.42. The van der Waals surface area contributed by atoms with E-state index in [1.165, 1.54) is 18.4 Å². The fourth-order valence-electron chi connectivity index (χ4n) is 5.73. The standard InChI is InChI=1S/C25H32O4/c26-23(18-6-1-2-7-18)12-11-21-22-14-16(13-19(22)15-24(21)27)9-10-17-5-3-4-8-20(17)25(28)29/h3-5,8,11-13,18-19,21-24,26-27H,1-2,6-7,9-10,14-15H2,(H,28,29)/t19-,21-,22-,23+,24+/m0/s1. The van der Waals surface area contributed by atoms with E-state index in [-0.39, 0.29) is 18.1 Å².